The van der Waals surface area contributed by atoms with Gasteiger partial charge in [-0.1, -0.05) is 11.6 Å². The Kier molecular flexibility index (Phi) is 9.36. The summed E-state index contributed by atoms with van der Waals surface area (Å²) in [5.41, 5.74) is 2.60. The Morgan fingerprint density at radius 2 is 1.94 bits per heavy atom. The first-order chi connectivity index (χ1) is 23.6. The van der Waals surface area contributed by atoms with Gasteiger partial charge in [-0.05, 0) is 83.8 Å². The highest BCUT2D eigenvalue weighted by atomic mass is 16.6. The summed E-state index contributed by atoms with van der Waals surface area (Å²) >= 11 is 0. The Morgan fingerprint density at radius 1 is 1.08 bits per heavy atom. The number of hydrogen-bond donors (Lipinski definition) is 0. The van der Waals surface area contributed by atoms with Gasteiger partial charge in [-0.2, -0.15) is 5.10 Å². The second-order valence-electron chi connectivity index (χ2n) is 14.7. The van der Waals surface area contributed by atoms with E-state index >= 15 is 0 Å². The third-order valence-electron chi connectivity index (χ3n) is 9.96. The van der Waals surface area contributed by atoms with E-state index in [4.69, 9.17) is 14.2 Å². The van der Waals surface area contributed by atoms with Crippen molar-refractivity contribution in [2.75, 3.05) is 38.3 Å². The Morgan fingerprint density at radius 3 is 2.65 bits per heavy atom. The van der Waals surface area contributed by atoms with Gasteiger partial charge in [0.1, 0.15) is 23.7 Å². The highest BCUT2D eigenvalue weighted by molar-refractivity contribution is 5.95. The molecule has 2 saturated heterocycles. The molecule has 49 heavy (non-hydrogen) atoms. The molecule has 1 amide bonds. The van der Waals surface area contributed by atoms with Gasteiger partial charge < -0.3 is 24.0 Å². The van der Waals surface area contributed by atoms with Crippen molar-refractivity contribution in [3.63, 3.8) is 0 Å². The Labute approximate surface area is 286 Å². The number of methoxy groups -OCH3 is 1. The second kappa shape index (κ2) is 13.9. The van der Waals surface area contributed by atoms with Gasteiger partial charge in [0.15, 0.2) is 6.23 Å². The average molecular weight is 673 g/mol. The molecule has 1 aliphatic carbocycles. The third-order valence-corrected chi connectivity index (χ3v) is 9.96. The molecule has 4 aromatic rings. The van der Waals surface area contributed by atoms with Crippen molar-refractivity contribution in [3.05, 3.63) is 53.2 Å². The van der Waals surface area contributed by atoms with E-state index in [0.717, 1.165) is 86.8 Å². The highest BCUT2D eigenvalue weighted by Gasteiger charge is 2.34. The van der Waals surface area contributed by atoms with Crippen molar-refractivity contribution < 1.29 is 19.0 Å². The molecule has 13 nitrogen and oxygen atoms in total. The Hall–Kier alpha value is -4.39. The molecule has 5 heterocycles. The zero-order valence-corrected chi connectivity index (χ0v) is 29.1. The largest absolute Gasteiger partial charge is 0.497 e. The number of amides is 1. The number of fused-ring (bicyclic) bond motifs is 1. The average Bonchev–Trinajstić information content (AvgIpc) is 3.72. The number of hydrogen-bond acceptors (Lipinski definition) is 9. The maximum atomic E-state index is 13.4. The molecule has 3 aliphatic rings. The van der Waals surface area contributed by atoms with Crippen LogP contribution >= 0.6 is 0 Å². The standard InChI is InChI=1S/C36H48N8O5/c1-36(2,3)49-35(46)43(21-25-9-7-10-25)27-11-8-14-40(22-27)26-13-15-41(33(45)17-26)24-42-23-31(38-39-42)29-18-28(47-4)19-32-30(29)20-37-44(32)34-12-5-6-16-48-34/h13,15,17-20,23,25,27,34H,5-12,14,16,21-22,24H2,1-4H3. The van der Waals surface area contributed by atoms with E-state index in [1.54, 1.807) is 28.6 Å². The van der Waals surface area contributed by atoms with Crippen LogP contribution in [0, 0.1) is 5.92 Å². The number of carbonyl (C=O) groups excluding carboxylic acids is 1. The monoisotopic (exact) mass is 672 g/mol. The summed E-state index contributed by atoms with van der Waals surface area (Å²) in [5, 5.41) is 14.4. The summed E-state index contributed by atoms with van der Waals surface area (Å²) in [6.45, 7) is 8.90. The zero-order valence-electron chi connectivity index (χ0n) is 29.1. The van der Waals surface area contributed by atoms with Gasteiger partial charge >= 0.3 is 6.09 Å². The zero-order chi connectivity index (χ0) is 34.1. The lowest BCUT2D eigenvalue weighted by molar-refractivity contribution is -0.0366. The second-order valence-corrected chi connectivity index (χ2v) is 14.7. The van der Waals surface area contributed by atoms with E-state index in [-0.39, 0.29) is 30.6 Å². The van der Waals surface area contributed by atoms with Gasteiger partial charge in [-0.25, -0.2) is 14.2 Å². The maximum absolute atomic E-state index is 13.4. The number of nitrogens with zero attached hydrogens (tertiary/aromatic N) is 8. The topological polar surface area (TPSA) is 122 Å². The fourth-order valence-corrected chi connectivity index (χ4v) is 7.14. The van der Waals surface area contributed by atoms with Crippen molar-refractivity contribution in [1.82, 2.24) is 34.2 Å². The summed E-state index contributed by atoms with van der Waals surface area (Å²) in [7, 11) is 1.64. The molecule has 0 N–H and O–H groups in total. The van der Waals surface area contributed by atoms with E-state index in [2.05, 4.69) is 20.3 Å². The van der Waals surface area contributed by atoms with Crippen LogP contribution in [0.1, 0.15) is 78.4 Å². The number of anilines is 1. The van der Waals surface area contributed by atoms with Gasteiger partial charge in [0.2, 0.25) is 0 Å². The molecule has 13 heteroatoms. The van der Waals surface area contributed by atoms with Gasteiger partial charge in [0.05, 0.1) is 31.1 Å². The molecular formula is C36H48N8O5. The van der Waals surface area contributed by atoms with Crippen LogP contribution < -0.4 is 15.2 Å². The van der Waals surface area contributed by atoms with Gasteiger partial charge in [-0.3, -0.25) is 9.36 Å². The minimum atomic E-state index is -0.550. The van der Waals surface area contributed by atoms with Crippen LogP contribution in [0.5, 0.6) is 5.75 Å². The van der Waals surface area contributed by atoms with Crippen molar-refractivity contribution in [2.24, 2.45) is 5.92 Å². The molecule has 0 radical (unpaired) electrons. The summed E-state index contributed by atoms with van der Waals surface area (Å²) in [6, 6.07) is 7.60. The van der Waals surface area contributed by atoms with Gasteiger partial charge in [0, 0.05) is 61.2 Å². The van der Waals surface area contributed by atoms with Crippen LogP contribution in [0.4, 0.5) is 10.5 Å². The number of ether oxygens (including phenoxy) is 3. The number of piperidine rings is 1. The Balaban J connectivity index is 1.06. The quantitative estimate of drug-likeness (QED) is 0.221. The SMILES string of the molecule is COc1cc(-c2cn(Cn3ccc(N4CCCC(N(CC5CCC5)C(=O)OC(C)(C)C)C4)cc3=O)nn2)c2cnn(C3CCCCO3)c2c1. The number of aromatic nitrogens is 6. The van der Waals surface area contributed by atoms with Gasteiger partial charge in [0.25, 0.3) is 5.56 Å². The van der Waals surface area contributed by atoms with Crippen molar-refractivity contribution >= 4 is 22.7 Å². The van der Waals surface area contributed by atoms with Crippen LogP contribution in [-0.2, 0) is 16.1 Å². The lowest BCUT2D eigenvalue weighted by atomic mass is 9.84. The van der Waals surface area contributed by atoms with E-state index in [1.165, 1.54) is 6.42 Å². The fraction of sp³-hybridized carbons (Fsp3) is 0.583. The molecule has 2 atom stereocenters. The number of carbonyl (C=O) groups is 1. The normalized spacial score (nSPS) is 20.3. The lowest BCUT2D eigenvalue weighted by Gasteiger charge is -2.43. The molecule has 2 aliphatic heterocycles. The minimum Gasteiger partial charge on any atom is -0.497 e. The first kappa shape index (κ1) is 33.1. The van der Waals surface area contributed by atoms with Crippen LogP contribution in [0.25, 0.3) is 22.2 Å². The van der Waals surface area contributed by atoms with E-state index in [1.807, 2.05) is 60.9 Å². The molecular weight excluding hydrogens is 624 g/mol. The Bertz CT molecular complexity index is 1830. The van der Waals surface area contributed by atoms with Crippen LogP contribution in [0.3, 0.4) is 0 Å². The van der Waals surface area contributed by atoms with E-state index in [0.29, 0.717) is 23.9 Å². The predicted molar refractivity (Wildman–Crippen MR) is 186 cm³/mol. The number of pyridine rings is 1. The maximum Gasteiger partial charge on any atom is 0.410 e. The van der Waals surface area contributed by atoms with Crippen molar-refractivity contribution in [3.8, 4) is 17.0 Å². The molecule has 1 saturated carbocycles. The molecule has 0 spiro atoms. The van der Waals surface area contributed by atoms with E-state index in [9.17, 15) is 9.59 Å². The van der Waals surface area contributed by atoms with Crippen molar-refractivity contribution in [2.45, 2.75) is 96.7 Å². The molecule has 3 fully saturated rings. The summed E-state index contributed by atoms with van der Waals surface area (Å²) in [5.74, 6) is 1.23. The van der Waals surface area contributed by atoms with Crippen LogP contribution in [0.2, 0.25) is 0 Å². The number of rotatable bonds is 9. The lowest BCUT2D eigenvalue weighted by Crippen LogP contribution is -2.53. The summed E-state index contributed by atoms with van der Waals surface area (Å²) < 4.78 is 22.7. The van der Waals surface area contributed by atoms with Crippen molar-refractivity contribution in [1.29, 1.82) is 0 Å². The van der Waals surface area contributed by atoms with Crippen LogP contribution in [0.15, 0.2) is 47.7 Å². The smallest absolute Gasteiger partial charge is 0.410 e. The minimum absolute atomic E-state index is 0.0329. The fourth-order valence-electron chi connectivity index (χ4n) is 7.14. The first-order valence-corrected chi connectivity index (χ1v) is 17.7. The molecule has 2 unspecified atom stereocenters. The number of benzene rings is 1. The highest BCUT2D eigenvalue weighted by Crippen LogP contribution is 2.35. The third kappa shape index (κ3) is 7.31. The summed E-state index contributed by atoms with van der Waals surface area (Å²) in [4.78, 5) is 30.9. The predicted octanol–water partition coefficient (Wildman–Crippen LogP) is 5.68. The van der Waals surface area contributed by atoms with E-state index < -0.39 is 5.60 Å². The first-order valence-electron chi connectivity index (χ1n) is 17.7. The molecule has 7 rings (SSSR count). The van der Waals surface area contributed by atoms with Crippen LogP contribution in [-0.4, -0.2) is 85.3 Å². The molecule has 1 aromatic carbocycles. The molecule has 3 aromatic heterocycles. The molecule has 0 bridgehead atoms. The molecule has 262 valence electrons. The summed E-state index contributed by atoms with van der Waals surface area (Å²) in [6.07, 6.45) is 13.6. The van der Waals surface area contributed by atoms with Gasteiger partial charge in [-0.15, -0.1) is 5.10 Å².